The Kier molecular flexibility index (Phi) is 6.98. The molecule has 0 fully saturated rings. The normalized spacial score (nSPS) is 10.2. The minimum Gasteiger partial charge on any atom is -0.497 e. The number of nitrogens with zero attached hydrogens (tertiary/aromatic N) is 3. The number of rotatable bonds is 8. The van der Waals surface area contributed by atoms with E-state index in [4.69, 9.17) is 14.2 Å². The lowest BCUT2D eigenvalue weighted by Gasteiger charge is -2.12. The van der Waals surface area contributed by atoms with Crippen LogP contribution in [0.5, 0.6) is 5.75 Å². The molecule has 0 aliphatic carbocycles. The van der Waals surface area contributed by atoms with Crippen LogP contribution >= 0.6 is 0 Å². The van der Waals surface area contributed by atoms with Crippen molar-refractivity contribution < 1.29 is 28.7 Å². The maximum absolute atomic E-state index is 12.0. The molecule has 2 N–H and O–H groups in total. The van der Waals surface area contributed by atoms with Gasteiger partial charge in [0.15, 0.2) is 0 Å². The fourth-order valence-electron chi connectivity index (χ4n) is 2.88. The highest BCUT2D eigenvalue weighted by molar-refractivity contribution is 5.97. The number of methoxy groups -OCH3 is 3. The predicted octanol–water partition coefficient (Wildman–Crippen LogP) is 3.45. The first kappa shape index (κ1) is 22.9. The Morgan fingerprint density at radius 2 is 1.45 bits per heavy atom. The SMILES string of the molecule is COC(=O)c1cc(Nc2ncnc(Nc3cccc(OC)c3)c2[N+](=O)[O-])cc(C(=O)OC)c1. The number of carbonyl (C=O) groups is 2. The number of carbonyl (C=O) groups excluding carboxylic acids is 2. The number of aromatic nitrogens is 2. The van der Waals surface area contributed by atoms with Gasteiger partial charge in [0.25, 0.3) is 0 Å². The smallest absolute Gasteiger partial charge is 0.353 e. The van der Waals surface area contributed by atoms with Crippen LogP contribution in [0.1, 0.15) is 20.7 Å². The summed E-state index contributed by atoms with van der Waals surface area (Å²) < 4.78 is 14.6. The van der Waals surface area contributed by atoms with E-state index in [9.17, 15) is 19.7 Å². The highest BCUT2D eigenvalue weighted by Crippen LogP contribution is 2.34. The molecule has 3 aromatic rings. The van der Waals surface area contributed by atoms with E-state index in [1.807, 2.05) is 0 Å². The highest BCUT2D eigenvalue weighted by Gasteiger charge is 2.24. The van der Waals surface area contributed by atoms with E-state index in [2.05, 4.69) is 20.6 Å². The summed E-state index contributed by atoms with van der Waals surface area (Å²) in [6.45, 7) is 0. The van der Waals surface area contributed by atoms with Crippen LogP contribution in [0.15, 0.2) is 48.8 Å². The Bertz CT molecular complexity index is 1180. The fraction of sp³-hybridized carbons (Fsp3) is 0.143. The van der Waals surface area contributed by atoms with Gasteiger partial charge in [0.1, 0.15) is 12.1 Å². The van der Waals surface area contributed by atoms with E-state index in [0.29, 0.717) is 11.4 Å². The molecule has 0 aliphatic rings. The van der Waals surface area contributed by atoms with Crippen molar-refractivity contribution in [2.24, 2.45) is 0 Å². The molecule has 170 valence electrons. The lowest BCUT2D eigenvalue weighted by molar-refractivity contribution is -0.383. The van der Waals surface area contributed by atoms with Gasteiger partial charge in [0.2, 0.25) is 11.6 Å². The van der Waals surface area contributed by atoms with Crippen LogP contribution in [-0.4, -0.2) is 48.2 Å². The Labute approximate surface area is 187 Å². The third kappa shape index (κ3) is 5.31. The molecule has 0 bridgehead atoms. The molecule has 0 spiro atoms. The van der Waals surface area contributed by atoms with Gasteiger partial charge in [-0.05, 0) is 30.3 Å². The lowest BCUT2D eigenvalue weighted by atomic mass is 10.1. The summed E-state index contributed by atoms with van der Waals surface area (Å²) in [5.41, 5.74) is 0.294. The molecule has 12 heteroatoms. The van der Waals surface area contributed by atoms with Crippen molar-refractivity contribution in [1.29, 1.82) is 0 Å². The molecular formula is C21H19N5O7. The number of nitrogens with one attached hydrogen (secondary N) is 2. The summed E-state index contributed by atoms with van der Waals surface area (Å²) in [4.78, 5) is 43.2. The zero-order valence-electron chi connectivity index (χ0n) is 17.8. The summed E-state index contributed by atoms with van der Waals surface area (Å²) in [5, 5.41) is 17.5. The quantitative estimate of drug-likeness (QED) is 0.293. The van der Waals surface area contributed by atoms with Gasteiger partial charge in [0, 0.05) is 17.4 Å². The van der Waals surface area contributed by atoms with Gasteiger partial charge in [0.05, 0.1) is 37.4 Å². The Hall–Kier alpha value is -4.74. The molecule has 0 saturated heterocycles. The van der Waals surface area contributed by atoms with Crippen molar-refractivity contribution in [1.82, 2.24) is 9.97 Å². The van der Waals surface area contributed by atoms with Crippen LogP contribution in [0, 0.1) is 10.1 Å². The van der Waals surface area contributed by atoms with Crippen molar-refractivity contribution >= 4 is 40.6 Å². The van der Waals surface area contributed by atoms with Gasteiger partial charge in [-0.25, -0.2) is 19.6 Å². The first-order valence-corrected chi connectivity index (χ1v) is 9.35. The van der Waals surface area contributed by atoms with Crippen molar-refractivity contribution in [2.45, 2.75) is 0 Å². The molecular weight excluding hydrogens is 434 g/mol. The average Bonchev–Trinajstić information content (AvgIpc) is 2.82. The second kappa shape index (κ2) is 10.0. The standard InChI is InChI=1S/C21H19N5O7/c1-31-16-6-4-5-14(10-16)24-18-17(26(29)30)19(23-11-22-18)25-15-8-12(20(27)32-2)7-13(9-15)21(28)33-3/h4-11H,1-3H3,(H2,22,23,24,25). The Morgan fingerprint density at radius 1 is 0.879 bits per heavy atom. The summed E-state index contributed by atoms with van der Waals surface area (Å²) in [6, 6.07) is 10.8. The maximum Gasteiger partial charge on any atom is 0.353 e. The molecule has 1 heterocycles. The van der Waals surface area contributed by atoms with Gasteiger partial charge in [-0.15, -0.1) is 0 Å². The molecule has 12 nitrogen and oxygen atoms in total. The van der Waals surface area contributed by atoms with Gasteiger partial charge in [-0.3, -0.25) is 10.1 Å². The monoisotopic (exact) mass is 453 g/mol. The van der Waals surface area contributed by atoms with E-state index in [0.717, 1.165) is 6.33 Å². The third-order valence-electron chi connectivity index (χ3n) is 4.38. The molecule has 0 unspecified atom stereocenters. The summed E-state index contributed by atoms with van der Waals surface area (Å²) in [6.07, 6.45) is 1.13. The van der Waals surface area contributed by atoms with Crippen LogP contribution < -0.4 is 15.4 Å². The molecule has 3 rings (SSSR count). The highest BCUT2D eigenvalue weighted by atomic mass is 16.6. The van der Waals surface area contributed by atoms with Gasteiger partial charge in [-0.1, -0.05) is 6.07 Å². The van der Waals surface area contributed by atoms with Gasteiger partial charge >= 0.3 is 17.6 Å². The summed E-state index contributed by atoms with van der Waals surface area (Å²) >= 11 is 0. The minimum absolute atomic E-state index is 0.0364. The Morgan fingerprint density at radius 3 is 1.97 bits per heavy atom. The first-order chi connectivity index (χ1) is 15.9. The number of ether oxygens (including phenoxy) is 3. The fourth-order valence-corrected chi connectivity index (χ4v) is 2.88. The summed E-state index contributed by atoms with van der Waals surface area (Å²) in [7, 11) is 3.87. The van der Waals surface area contributed by atoms with E-state index >= 15 is 0 Å². The number of benzene rings is 2. The van der Waals surface area contributed by atoms with E-state index in [1.165, 1.54) is 39.5 Å². The average molecular weight is 453 g/mol. The minimum atomic E-state index is -0.707. The number of anilines is 4. The molecule has 0 radical (unpaired) electrons. The van der Waals surface area contributed by atoms with E-state index < -0.39 is 22.5 Å². The lowest BCUT2D eigenvalue weighted by Crippen LogP contribution is -2.09. The molecule has 1 aromatic heterocycles. The van der Waals surface area contributed by atoms with Gasteiger partial charge in [-0.2, -0.15) is 0 Å². The van der Waals surface area contributed by atoms with Crippen molar-refractivity contribution in [2.75, 3.05) is 32.0 Å². The molecule has 0 saturated carbocycles. The molecule has 33 heavy (non-hydrogen) atoms. The van der Waals surface area contributed by atoms with Crippen LogP contribution in [0.2, 0.25) is 0 Å². The van der Waals surface area contributed by atoms with Crippen molar-refractivity contribution in [3.63, 3.8) is 0 Å². The van der Waals surface area contributed by atoms with Crippen molar-refractivity contribution in [3.05, 3.63) is 70.0 Å². The second-order valence-electron chi connectivity index (χ2n) is 6.44. The van der Waals surface area contributed by atoms with Crippen molar-refractivity contribution in [3.8, 4) is 5.75 Å². The number of hydrogen-bond donors (Lipinski definition) is 2. The second-order valence-corrected chi connectivity index (χ2v) is 6.44. The first-order valence-electron chi connectivity index (χ1n) is 9.35. The molecule has 2 aromatic carbocycles. The molecule has 0 atom stereocenters. The van der Waals surface area contributed by atoms with Crippen LogP contribution in [0.25, 0.3) is 0 Å². The number of hydrogen-bond acceptors (Lipinski definition) is 11. The zero-order chi connectivity index (χ0) is 24.0. The zero-order valence-corrected chi connectivity index (χ0v) is 17.8. The molecule has 0 aliphatic heterocycles. The van der Waals surface area contributed by atoms with Crippen LogP contribution in [0.3, 0.4) is 0 Å². The predicted molar refractivity (Wildman–Crippen MR) is 117 cm³/mol. The molecule has 0 amide bonds. The summed E-state index contributed by atoms with van der Waals surface area (Å²) in [5.74, 6) is -1.12. The largest absolute Gasteiger partial charge is 0.497 e. The topological polar surface area (TPSA) is 155 Å². The maximum atomic E-state index is 12.0. The number of esters is 2. The Balaban J connectivity index is 2.03. The number of nitro groups is 1. The van der Waals surface area contributed by atoms with Crippen LogP contribution in [0.4, 0.5) is 28.7 Å². The van der Waals surface area contributed by atoms with E-state index in [1.54, 1.807) is 24.3 Å². The van der Waals surface area contributed by atoms with Crippen LogP contribution in [-0.2, 0) is 9.47 Å². The third-order valence-corrected chi connectivity index (χ3v) is 4.38. The van der Waals surface area contributed by atoms with E-state index in [-0.39, 0.29) is 28.5 Å². The van der Waals surface area contributed by atoms with Gasteiger partial charge < -0.3 is 24.8 Å².